The fraction of sp³-hybridized carbons (Fsp3) is 0.0833. The van der Waals surface area contributed by atoms with Gasteiger partial charge in [-0.3, -0.25) is 9.52 Å². The number of H-pyrrole nitrogens is 1. The molecule has 0 aliphatic rings. The van der Waals surface area contributed by atoms with Gasteiger partial charge in [-0.1, -0.05) is 17.7 Å². The Balaban J connectivity index is 2.37. The second kappa shape index (κ2) is 5.18. The summed E-state index contributed by atoms with van der Waals surface area (Å²) in [6.45, 7) is 1.69. The zero-order chi connectivity index (χ0) is 14.9. The van der Waals surface area contributed by atoms with E-state index in [4.69, 9.17) is 11.6 Å². The van der Waals surface area contributed by atoms with E-state index in [1.807, 2.05) is 0 Å². The lowest BCUT2D eigenvalue weighted by Gasteiger charge is -2.09. The first-order valence-electron chi connectivity index (χ1n) is 5.50. The highest BCUT2D eigenvalue weighted by Gasteiger charge is 2.16. The van der Waals surface area contributed by atoms with Gasteiger partial charge in [-0.2, -0.15) is 0 Å². The first-order valence-corrected chi connectivity index (χ1v) is 7.36. The van der Waals surface area contributed by atoms with Gasteiger partial charge < -0.3 is 10.1 Å². The van der Waals surface area contributed by atoms with Crippen LogP contribution in [0.5, 0.6) is 5.75 Å². The summed E-state index contributed by atoms with van der Waals surface area (Å²) in [4.78, 5) is 13.1. The number of nitrogens with one attached hydrogen (secondary N) is 2. The maximum absolute atomic E-state index is 12.1. The largest absolute Gasteiger partial charge is 0.508 e. The van der Waals surface area contributed by atoms with Crippen molar-refractivity contribution < 1.29 is 13.5 Å². The Labute approximate surface area is 120 Å². The van der Waals surface area contributed by atoms with Gasteiger partial charge in [0.1, 0.15) is 15.7 Å². The van der Waals surface area contributed by atoms with Crippen molar-refractivity contribution in [3.63, 3.8) is 0 Å². The molecule has 8 heteroatoms. The molecule has 1 aromatic heterocycles. The Hall–Kier alpha value is -1.99. The number of hydrogen-bond donors (Lipinski definition) is 3. The first kappa shape index (κ1) is 14.4. The number of benzene rings is 1. The van der Waals surface area contributed by atoms with E-state index in [-0.39, 0.29) is 21.4 Å². The number of sulfonamides is 1. The highest BCUT2D eigenvalue weighted by atomic mass is 35.5. The Morgan fingerprint density at radius 3 is 2.60 bits per heavy atom. The number of pyridine rings is 1. The number of aromatic amines is 1. The second-order valence-electron chi connectivity index (χ2n) is 4.12. The Morgan fingerprint density at radius 2 is 2.00 bits per heavy atom. The summed E-state index contributed by atoms with van der Waals surface area (Å²) in [5.41, 5.74) is 0.258. The van der Waals surface area contributed by atoms with Crippen LogP contribution >= 0.6 is 11.6 Å². The molecule has 0 saturated carbocycles. The number of aromatic hydroxyl groups is 1. The molecule has 0 aliphatic heterocycles. The second-order valence-corrected chi connectivity index (χ2v) is 6.21. The average Bonchev–Trinajstić information content (AvgIpc) is 2.37. The van der Waals surface area contributed by atoms with Gasteiger partial charge in [0.15, 0.2) is 0 Å². The molecule has 1 heterocycles. The number of phenolic OH excluding ortho intramolecular Hbond substituents is 1. The molecule has 0 aliphatic carbocycles. The van der Waals surface area contributed by atoms with Crippen LogP contribution in [-0.2, 0) is 10.0 Å². The van der Waals surface area contributed by atoms with Crippen LogP contribution in [0.25, 0.3) is 0 Å². The van der Waals surface area contributed by atoms with Crippen molar-refractivity contribution in [3.8, 4) is 5.75 Å². The summed E-state index contributed by atoms with van der Waals surface area (Å²) < 4.78 is 26.5. The zero-order valence-electron chi connectivity index (χ0n) is 10.3. The molecule has 0 unspecified atom stereocenters. The molecule has 20 heavy (non-hydrogen) atoms. The third-order valence-corrected chi connectivity index (χ3v) is 4.24. The Morgan fingerprint density at radius 1 is 1.30 bits per heavy atom. The van der Waals surface area contributed by atoms with E-state index < -0.39 is 15.6 Å². The minimum absolute atomic E-state index is 0.0234. The van der Waals surface area contributed by atoms with E-state index in [1.54, 1.807) is 13.0 Å². The van der Waals surface area contributed by atoms with Crippen molar-refractivity contribution in [2.45, 2.75) is 11.8 Å². The summed E-state index contributed by atoms with van der Waals surface area (Å²) in [6.07, 6.45) is 1.05. The molecule has 0 radical (unpaired) electrons. The van der Waals surface area contributed by atoms with Crippen molar-refractivity contribution in [3.05, 3.63) is 51.4 Å². The van der Waals surface area contributed by atoms with Crippen molar-refractivity contribution >= 4 is 27.3 Å². The van der Waals surface area contributed by atoms with Gasteiger partial charge in [0.25, 0.3) is 15.6 Å². The number of aromatic nitrogens is 1. The van der Waals surface area contributed by atoms with Gasteiger partial charge >= 0.3 is 0 Å². The van der Waals surface area contributed by atoms with Crippen LogP contribution in [-0.4, -0.2) is 18.5 Å². The predicted molar refractivity (Wildman–Crippen MR) is 75.7 cm³/mol. The molecular weight excluding hydrogens is 304 g/mol. The summed E-state index contributed by atoms with van der Waals surface area (Å²) in [7, 11) is -3.90. The molecule has 1 aromatic carbocycles. The third kappa shape index (κ3) is 2.94. The summed E-state index contributed by atoms with van der Waals surface area (Å²) in [5.74, 6) is -0.0234. The van der Waals surface area contributed by atoms with E-state index in [0.717, 1.165) is 12.3 Å². The summed E-state index contributed by atoms with van der Waals surface area (Å²) >= 11 is 5.59. The minimum atomic E-state index is -3.90. The molecule has 0 fully saturated rings. The van der Waals surface area contributed by atoms with Gasteiger partial charge in [0, 0.05) is 12.3 Å². The molecule has 3 N–H and O–H groups in total. The Bertz CT molecular complexity index is 814. The number of hydrogen-bond acceptors (Lipinski definition) is 4. The Kier molecular flexibility index (Phi) is 3.74. The monoisotopic (exact) mass is 314 g/mol. The van der Waals surface area contributed by atoms with E-state index >= 15 is 0 Å². The van der Waals surface area contributed by atoms with Crippen LogP contribution in [0.4, 0.5) is 5.69 Å². The molecular formula is C12H11ClN2O4S. The summed E-state index contributed by atoms with van der Waals surface area (Å²) in [6, 6.07) is 5.43. The lowest BCUT2D eigenvalue weighted by molar-refractivity contribution is 0.471. The number of phenols is 1. The number of anilines is 1. The average molecular weight is 315 g/mol. The van der Waals surface area contributed by atoms with E-state index in [9.17, 15) is 18.3 Å². The molecule has 2 aromatic rings. The van der Waals surface area contributed by atoms with Crippen LogP contribution in [0.2, 0.25) is 5.02 Å². The predicted octanol–water partition coefficient (Wildman–Crippen LogP) is 1.84. The van der Waals surface area contributed by atoms with Crippen molar-refractivity contribution in [1.29, 1.82) is 0 Å². The fourth-order valence-electron chi connectivity index (χ4n) is 1.48. The van der Waals surface area contributed by atoms with E-state index in [0.29, 0.717) is 5.56 Å². The molecule has 0 saturated heterocycles. The minimum Gasteiger partial charge on any atom is -0.508 e. The molecule has 2 rings (SSSR count). The highest BCUT2D eigenvalue weighted by Crippen LogP contribution is 2.23. The summed E-state index contributed by atoms with van der Waals surface area (Å²) in [5, 5.41) is 9.32. The van der Waals surface area contributed by atoms with Crippen LogP contribution < -0.4 is 10.3 Å². The van der Waals surface area contributed by atoms with Crippen LogP contribution in [0.3, 0.4) is 0 Å². The van der Waals surface area contributed by atoms with Gasteiger partial charge in [0.2, 0.25) is 0 Å². The standard InChI is InChI=1S/C12H11ClN2O4S/c1-7-2-3-8(4-11(7)16)15-20(18,19)9-5-10(13)12(17)14-6-9/h2-6,15-16H,1H3,(H,14,17). The lowest BCUT2D eigenvalue weighted by Crippen LogP contribution is -2.16. The van der Waals surface area contributed by atoms with Gasteiger partial charge in [-0.25, -0.2) is 8.42 Å². The maximum atomic E-state index is 12.1. The SMILES string of the molecule is Cc1ccc(NS(=O)(=O)c2c[nH]c(=O)c(Cl)c2)cc1O. The molecule has 6 nitrogen and oxygen atoms in total. The smallest absolute Gasteiger partial charge is 0.266 e. The van der Waals surface area contributed by atoms with Gasteiger partial charge in [-0.15, -0.1) is 0 Å². The molecule has 0 bridgehead atoms. The topological polar surface area (TPSA) is 99.3 Å². The van der Waals surface area contributed by atoms with Crippen molar-refractivity contribution in [2.75, 3.05) is 4.72 Å². The fourth-order valence-corrected chi connectivity index (χ4v) is 2.76. The van der Waals surface area contributed by atoms with Crippen molar-refractivity contribution in [2.24, 2.45) is 0 Å². The normalized spacial score (nSPS) is 11.3. The molecule has 0 spiro atoms. The molecule has 0 amide bonds. The number of aryl methyl sites for hydroxylation is 1. The van der Waals surface area contributed by atoms with Gasteiger partial charge in [0.05, 0.1) is 5.69 Å². The van der Waals surface area contributed by atoms with Crippen LogP contribution in [0.1, 0.15) is 5.56 Å². The number of rotatable bonds is 3. The number of halogens is 1. The maximum Gasteiger partial charge on any atom is 0.266 e. The highest BCUT2D eigenvalue weighted by molar-refractivity contribution is 7.92. The van der Waals surface area contributed by atoms with E-state index in [1.165, 1.54) is 12.1 Å². The van der Waals surface area contributed by atoms with Crippen LogP contribution in [0, 0.1) is 6.92 Å². The van der Waals surface area contributed by atoms with Gasteiger partial charge in [-0.05, 0) is 24.6 Å². The van der Waals surface area contributed by atoms with Crippen LogP contribution in [0.15, 0.2) is 40.2 Å². The quantitative estimate of drug-likeness (QED) is 0.805. The zero-order valence-corrected chi connectivity index (χ0v) is 11.9. The lowest BCUT2D eigenvalue weighted by atomic mass is 10.2. The first-order chi connectivity index (χ1) is 9.29. The third-order valence-electron chi connectivity index (χ3n) is 2.60. The van der Waals surface area contributed by atoms with Crippen molar-refractivity contribution in [1.82, 2.24) is 4.98 Å². The molecule has 106 valence electrons. The van der Waals surface area contributed by atoms with E-state index in [2.05, 4.69) is 9.71 Å². The molecule has 0 atom stereocenters.